The minimum absolute atomic E-state index is 0.122. The molecule has 0 atom stereocenters. The summed E-state index contributed by atoms with van der Waals surface area (Å²) < 4.78 is 10.5. The Kier molecular flexibility index (Phi) is 7.63. The van der Waals surface area contributed by atoms with Crippen LogP contribution in [-0.2, 0) is 16.1 Å². The molecule has 0 saturated heterocycles. The Morgan fingerprint density at radius 3 is 2.44 bits per heavy atom. The molecule has 7 heteroatoms. The van der Waals surface area contributed by atoms with Gasteiger partial charge in [-0.15, -0.1) is 0 Å². The van der Waals surface area contributed by atoms with E-state index in [-0.39, 0.29) is 18.9 Å². The Morgan fingerprint density at radius 1 is 1.07 bits per heavy atom. The first-order valence-electron chi connectivity index (χ1n) is 8.58. The lowest BCUT2D eigenvalue weighted by Gasteiger charge is -2.21. The molecule has 0 fully saturated rings. The molecule has 2 aromatic rings. The van der Waals surface area contributed by atoms with Crippen LogP contribution in [0.4, 0.5) is 5.69 Å². The summed E-state index contributed by atoms with van der Waals surface area (Å²) in [4.78, 5) is 25.5. The first kappa shape index (κ1) is 20.3. The van der Waals surface area contributed by atoms with Crippen LogP contribution in [0.1, 0.15) is 12.0 Å². The average Bonchev–Trinajstić information content (AvgIpc) is 2.67. The van der Waals surface area contributed by atoms with Gasteiger partial charge in [-0.2, -0.15) is 0 Å². The molecule has 2 amide bonds. The summed E-state index contributed by atoms with van der Waals surface area (Å²) in [6.07, 6.45) is 0.186. The van der Waals surface area contributed by atoms with Gasteiger partial charge in [0.05, 0.1) is 26.5 Å². The molecule has 3 N–H and O–H groups in total. The summed E-state index contributed by atoms with van der Waals surface area (Å²) in [7, 11) is 3.09. The zero-order valence-corrected chi connectivity index (χ0v) is 15.6. The molecular formula is C20H25N3O4. The van der Waals surface area contributed by atoms with E-state index in [2.05, 4.69) is 5.32 Å². The summed E-state index contributed by atoms with van der Waals surface area (Å²) in [5.41, 5.74) is 6.87. The Labute approximate surface area is 159 Å². The Morgan fingerprint density at radius 2 is 1.81 bits per heavy atom. The van der Waals surface area contributed by atoms with Crippen molar-refractivity contribution in [1.82, 2.24) is 4.90 Å². The van der Waals surface area contributed by atoms with Crippen LogP contribution in [0.5, 0.6) is 11.5 Å². The molecule has 0 aliphatic heterocycles. The first-order chi connectivity index (χ1) is 13.0. The normalized spacial score (nSPS) is 10.5. The number of nitrogens with one attached hydrogen (secondary N) is 1. The Hall–Kier alpha value is -3.06. The van der Waals surface area contributed by atoms with E-state index in [1.165, 1.54) is 7.11 Å². The number of nitrogens with zero attached hydrogens (tertiary/aromatic N) is 1. The number of methoxy groups -OCH3 is 2. The van der Waals surface area contributed by atoms with Crippen molar-refractivity contribution in [2.75, 3.05) is 32.6 Å². The van der Waals surface area contributed by atoms with Crippen LogP contribution in [0.3, 0.4) is 0 Å². The van der Waals surface area contributed by atoms with Gasteiger partial charge in [0.1, 0.15) is 11.5 Å². The summed E-state index contributed by atoms with van der Waals surface area (Å²) in [5.74, 6) is 0.538. The minimum atomic E-state index is -0.398. The molecule has 0 aliphatic rings. The molecule has 0 spiro atoms. The summed E-state index contributed by atoms with van der Waals surface area (Å²) in [6, 6.07) is 14.9. The highest BCUT2D eigenvalue weighted by Gasteiger charge is 2.14. The number of rotatable bonds is 10. The van der Waals surface area contributed by atoms with Crippen molar-refractivity contribution in [3.8, 4) is 11.5 Å². The highest BCUT2D eigenvalue weighted by atomic mass is 16.5. The number of primary amides is 1. The van der Waals surface area contributed by atoms with Gasteiger partial charge in [0.25, 0.3) is 0 Å². The van der Waals surface area contributed by atoms with Crippen molar-refractivity contribution in [3.05, 3.63) is 54.1 Å². The molecule has 2 aromatic carbocycles. The predicted molar refractivity (Wildman–Crippen MR) is 104 cm³/mol. The van der Waals surface area contributed by atoms with Crippen LogP contribution in [0.25, 0.3) is 0 Å². The number of nitrogens with two attached hydrogens (primary N) is 1. The van der Waals surface area contributed by atoms with Crippen molar-refractivity contribution in [3.63, 3.8) is 0 Å². The second-order valence-electron chi connectivity index (χ2n) is 6.03. The number of hydrogen-bond acceptors (Lipinski definition) is 5. The lowest BCUT2D eigenvalue weighted by molar-refractivity contribution is -0.120. The molecule has 0 bridgehead atoms. The van der Waals surface area contributed by atoms with Gasteiger partial charge in [-0.3, -0.25) is 14.5 Å². The van der Waals surface area contributed by atoms with Gasteiger partial charge in [0, 0.05) is 25.6 Å². The average molecular weight is 371 g/mol. The van der Waals surface area contributed by atoms with Crippen LogP contribution < -0.4 is 20.5 Å². The fraction of sp³-hybridized carbons (Fsp3) is 0.300. The second-order valence-corrected chi connectivity index (χ2v) is 6.03. The third-order valence-electron chi connectivity index (χ3n) is 3.97. The third kappa shape index (κ3) is 6.63. The van der Waals surface area contributed by atoms with E-state index in [0.29, 0.717) is 30.3 Å². The topological polar surface area (TPSA) is 93.9 Å². The minimum Gasteiger partial charge on any atom is -0.497 e. The van der Waals surface area contributed by atoms with Crippen LogP contribution in [0, 0.1) is 0 Å². The number of benzene rings is 2. The lowest BCUT2D eigenvalue weighted by atomic mass is 10.2. The number of ether oxygens (including phenoxy) is 2. The van der Waals surface area contributed by atoms with E-state index in [9.17, 15) is 9.59 Å². The molecule has 2 rings (SSSR count). The molecule has 0 aromatic heterocycles. The van der Waals surface area contributed by atoms with E-state index in [0.717, 1.165) is 5.56 Å². The molecule has 0 aliphatic carbocycles. The van der Waals surface area contributed by atoms with Gasteiger partial charge in [-0.25, -0.2) is 0 Å². The van der Waals surface area contributed by atoms with E-state index in [4.69, 9.17) is 15.2 Å². The maximum absolute atomic E-state index is 12.5. The molecule has 144 valence electrons. The van der Waals surface area contributed by atoms with Gasteiger partial charge in [0.2, 0.25) is 11.8 Å². The SMILES string of the molecule is COc1ccc(NC(=O)CN(CCC(N)=O)Cc2ccccc2)c(OC)c1. The molecule has 0 saturated carbocycles. The van der Waals surface area contributed by atoms with Crippen molar-refractivity contribution >= 4 is 17.5 Å². The molecule has 0 radical (unpaired) electrons. The largest absolute Gasteiger partial charge is 0.497 e. The van der Waals surface area contributed by atoms with Crippen molar-refractivity contribution in [2.24, 2.45) is 5.73 Å². The van der Waals surface area contributed by atoms with Crippen LogP contribution >= 0.6 is 0 Å². The number of carbonyl (C=O) groups is 2. The molecule has 7 nitrogen and oxygen atoms in total. The smallest absolute Gasteiger partial charge is 0.238 e. The molecular weight excluding hydrogens is 346 g/mol. The van der Waals surface area contributed by atoms with Crippen LogP contribution in [-0.4, -0.2) is 44.0 Å². The zero-order chi connectivity index (χ0) is 19.6. The Bertz CT molecular complexity index is 765. The van der Waals surface area contributed by atoms with E-state index < -0.39 is 5.91 Å². The van der Waals surface area contributed by atoms with Crippen LogP contribution in [0.15, 0.2) is 48.5 Å². The third-order valence-corrected chi connectivity index (χ3v) is 3.97. The van der Waals surface area contributed by atoms with Gasteiger partial charge in [-0.05, 0) is 17.7 Å². The summed E-state index contributed by atoms with van der Waals surface area (Å²) in [5, 5.41) is 2.84. The van der Waals surface area contributed by atoms with Crippen molar-refractivity contribution in [1.29, 1.82) is 0 Å². The second kappa shape index (κ2) is 10.2. The number of hydrogen-bond donors (Lipinski definition) is 2. The van der Waals surface area contributed by atoms with Gasteiger partial charge < -0.3 is 20.5 Å². The molecule has 0 heterocycles. The summed E-state index contributed by atoms with van der Waals surface area (Å²) >= 11 is 0. The van der Waals surface area contributed by atoms with E-state index in [1.807, 2.05) is 35.2 Å². The predicted octanol–water partition coefficient (Wildman–Crippen LogP) is 2.02. The summed E-state index contributed by atoms with van der Waals surface area (Å²) in [6.45, 7) is 1.07. The van der Waals surface area contributed by atoms with E-state index >= 15 is 0 Å². The molecule has 0 unspecified atom stereocenters. The molecule has 27 heavy (non-hydrogen) atoms. The van der Waals surface area contributed by atoms with Crippen molar-refractivity contribution < 1.29 is 19.1 Å². The maximum atomic E-state index is 12.5. The van der Waals surface area contributed by atoms with Gasteiger partial charge in [-0.1, -0.05) is 30.3 Å². The monoisotopic (exact) mass is 371 g/mol. The zero-order valence-electron chi connectivity index (χ0n) is 15.6. The van der Waals surface area contributed by atoms with E-state index in [1.54, 1.807) is 25.3 Å². The first-order valence-corrected chi connectivity index (χ1v) is 8.58. The maximum Gasteiger partial charge on any atom is 0.238 e. The lowest BCUT2D eigenvalue weighted by Crippen LogP contribution is -2.35. The quantitative estimate of drug-likeness (QED) is 0.666. The number of amides is 2. The Balaban J connectivity index is 2.05. The highest BCUT2D eigenvalue weighted by Crippen LogP contribution is 2.28. The fourth-order valence-corrected chi connectivity index (χ4v) is 2.62. The van der Waals surface area contributed by atoms with Gasteiger partial charge in [0.15, 0.2) is 0 Å². The number of carbonyl (C=O) groups excluding carboxylic acids is 2. The van der Waals surface area contributed by atoms with Crippen LogP contribution in [0.2, 0.25) is 0 Å². The van der Waals surface area contributed by atoms with Gasteiger partial charge >= 0.3 is 0 Å². The standard InChI is InChI=1S/C20H25N3O4/c1-26-16-8-9-17(18(12-16)27-2)22-20(25)14-23(11-10-19(21)24)13-15-6-4-3-5-7-15/h3-9,12H,10-11,13-14H2,1-2H3,(H2,21,24)(H,22,25). The fourth-order valence-electron chi connectivity index (χ4n) is 2.62. The highest BCUT2D eigenvalue weighted by molar-refractivity contribution is 5.93. The number of anilines is 1. The van der Waals surface area contributed by atoms with Crippen molar-refractivity contribution in [2.45, 2.75) is 13.0 Å².